The zero-order valence-electron chi connectivity index (χ0n) is 15.1. The lowest BCUT2D eigenvalue weighted by atomic mass is 10.2. The zero-order valence-corrected chi connectivity index (χ0v) is 16.7. The highest BCUT2D eigenvalue weighted by molar-refractivity contribution is 7.98. The number of benzene rings is 2. The van der Waals surface area contributed by atoms with Crippen LogP contribution < -0.4 is 4.74 Å². The van der Waals surface area contributed by atoms with Crippen molar-refractivity contribution >= 4 is 29.6 Å². The Balaban J connectivity index is 1.57. The average Bonchev–Trinajstić information content (AvgIpc) is 3.14. The van der Waals surface area contributed by atoms with Crippen LogP contribution in [0.3, 0.4) is 0 Å². The van der Waals surface area contributed by atoms with Crippen molar-refractivity contribution in [3.63, 3.8) is 0 Å². The lowest BCUT2D eigenvalue weighted by molar-refractivity contribution is 0.309. The Morgan fingerprint density at radius 2 is 1.93 bits per heavy atom. The Kier molecular flexibility index (Phi) is 7.30. The Bertz CT molecular complexity index is 862. The van der Waals surface area contributed by atoms with Crippen LogP contribution in [0, 0.1) is 0 Å². The molecule has 0 saturated carbocycles. The normalized spacial score (nSPS) is 11.2. The van der Waals surface area contributed by atoms with Crippen molar-refractivity contribution in [3.05, 3.63) is 71.0 Å². The van der Waals surface area contributed by atoms with Gasteiger partial charge in [0.15, 0.2) is 0 Å². The van der Waals surface area contributed by atoms with Gasteiger partial charge < -0.3 is 4.74 Å². The van der Waals surface area contributed by atoms with Crippen molar-refractivity contribution in [1.82, 2.24) is 14.9 Å². The Morgan fingerprint density at radius 1 is 1.15 bits per heavy atom. The lowest BCUT2D eigenvalue weighted by Crippen LogP contribution is -1.96. The third-order valence-corrected chi connectivity index (χ3v) is 5.02. The second-order valence-electron chi connectivity index (χ2n) is 5.89. The smallest absolute Gasteiger partial charge is 0.212 e. The Labute approximate surface area is 168 Å². The molecular formula is C20H21ClN4OS. The van der Waals surface area contributed by atoms with E-state index in [1.807, 2.05) is 48.5 Å². The molecule has 0 atom stereocenters. The quantitative estimate of drug-likeness (QED) is 0.278. The van der Waals surface area contributed by atoms with E-state index in [1.165, 1.54) is 5.56 Å². The van der Waals surface area contributed by atoms with Crippen LogP contribution >= 0.6 is 23.4 Å². The van der Waals surface area contributed by atoms with Crippen molar-refractivity contribution in [1.29, 1.82) is 0 Å². The zero-order chi connectivity index (χ0) is 18.9. The van der Waals surface area contributed by atoms with Gasteiger partial charge in [0, 0.05) is 10.8 Å². The average molecular weight is 401 g/mol. The van der Waals surface area contributed by atoms with Crippen molar-refractivity contribution in [2.24, 2.45) is 5.10 Å². The van der Waals surface area contributed by atoms with Gasteiger partial charge in [-0.15, -0.1) is 10.2 Å². The largest absolute Gasteiger partial charge is 0.494 e. The molecule has 27 heavy (non-hydrogen) atoms. The maximum atomic E-state index is 5.92. The molecule has 0 saturated heterocycles. The van der Waals surface area contributed by atoms with E-state index in [4.69, 9.17) is 16.3 Å². The first-order valence-corrected chi connectivity index (χ1v) is 10.2. The topological polar surface area (TPSA) is 52.3 Å². The van der Waals surface area contributed by atoms with Crippen LogP contribution in [0.1, 0.15) is 30.9 Å². The van der Waals surface area contributed by atoms with E-state index in [9.17, 15) is 0 Å². The second-order valence-corrected chi connectivity index (χ2v) is 7.27. The van der Waals surface area contributed by atoms with Gasteiger partial charge in [0.05, 0.1) is 12.8 Å². The Hall–Kier alpha value is -2.31. The van der Waals surface area contributed by atoms with E-state index in [2.05, 4.69) is 22.2 Å². The fourth-order valence-electron chi connectivity index (χ4n) is 2.24. The molecule has 1 heterocycles. The van der Waals surface area contributed by atoms with Gasteiger partial charge in [-0.2, -0.15) is 9.78 Å². The molecule has 0 unspecified atom stereocenters. The molecule has 0 aliphatic rings. The van der Waals surface area contributed by atoms with Crippen LogP contribution in [0.25, 0.3) is 0 Å². The minimum atomic E-state index is 0.735. The first-order valence-electron chi connectivity index (χ1n) is 8.79. The van der Waals surface area contributed by atoms with E-state index in [0.717, 1.165) is 46.7 Å². The summed E-state index contributed by atoms with van der Waals surface area (Å²) < 4.78 is 7.34. The number of hydrogen-bond donors (Lipinski definition) is 0. The first kappa shape index (κ1) is 19.5. The summed E-state index contributed by atoms with van der Waals surface area (Å²) in [5.74, 6) is 1.65. The maximum absolute atomic E-state index is 5.92. The minimum absolute atomic E-state index is 0.735. The van der Waals surface area contributed by atoms with Crippen LogP contribution in [0.5, 0.6) is 5.75 Å². The molecule has 3 rings (SSSR count). The van der Waals surface area contributed by atoms with Crippen LogP contribution in [-0.2, 0) is 5.75 Å². The van der Waals surface area contributed by atoms with E-state index in [0.29, 0.717) is 0 Å². The summed E-state index contributed by atoms with van der Waals surface area (Å²) in [6.07, 6.45) is 5.57. The first-order chi connectivity index (χ1) is 13.2. The summed E-state index contributed by atoms with van der Waals surface area (Å²) in [5.41, 5.74) is 2.15. The van der Waals surface area contributed by atoms with E-state index in [-0.39, 0.29) is 0 Å². The van der Waals surface area contributed by atoms with Crippen molar-refractivity contribution < 1.29 is 4.74 Å². The lowest BCUT2D eigenvalue weighted by Gasteiger charge is -2.05. The monoisotopic (exact) mass is 400 g/mol. The van der Waals surface area contributed by atoms with Crippen molar-refractivity contribution in [2.45, 2.75) is 30.7 Å². The van der Waals surface area contributed by atoms with Gasteiger partial charge in [0.25, 0.3) is 0 Å². The predicted molar refractivity (Wildman–Crippen MR) is 111 cm³/mol. The molecule has 0 fully saturated rings. The predicted octanol–water partition coefficient (Wildman–Crippen LogP) is 5.28. The second kappa shape index (κ2) is 10.1. The molecule has 3 aromatic rings. The fourth-order valence-corrected chi connectivity index (χ4v) is 3.18. The number of nitrogens with zero attached hydrogens (tertiary/aromatic N) is 4. The van der Waals surface area contributed by atoms with Gasteiger partial charge in [-0.1, -0.05) is 48.8 Å². The van der Waals surface area contributed by atoms with E-state index >= 15 is 0 Å². The van der Waals surface area contributed by atoms with Gasteiger partial charge in [-0.3, -0.25) is 0 Å². The van der Waals surface area contributed by atoms with Crippen molar-refractivity contribution in [3.8, 4) is 5.75 Å². The molecule has 1 aromatic heterocycles. The number of halogens is 1. The highest BCUT2D eigenvalue weighted by atomic mass is 35.5. The Morgan fingerprint density at radius 3 is 2.67 bits per heavy atom. The van der Waals surface area contributed by atoms with Crippen LogP contribution in [0.2, 0.25) is 5.02 Å². The SMILES string of the molecule is CCCCOc1ccc(/C=N\n2cnnc2SCc2ccc(Cl)cc2)cc1. The number of ether oxygens (including phenoxy) is 1. The van der Waals surface area contributed by atoms with Crippen LogP contribution in [-0.4, -0.2) is 27.7 Å². The molecule has 0 amide bonds. The number of rotatable bonds is 9. The number of aromatic nitrogens is 3. The summed E-state index contributed by atoms with van der Waals surface area (Å²) in [6, 6.07) is 15.7. The summed E-state index contributed by atoms with van der Waals surface area (Å²) in [7, 11) is 0. The summed E-state index contributed by atoms with van der Waals surface area (Å²) in [4.78, 5) is 0. The van der Waals surface area contributed by atoms with Gasteiger partial charge in [-0.05, 0) is 53.9 Å². The van der Waals surface area contributed by atoms with Crippen LogP contribution in [0.15, 0.2) is 65.1 Å². The summed E-state index contributed by atoms with van der Waals surface area (Å²) in [6.45, 7) is 2.90. The minimum Gasteiger partial charge on any atom is -0.494 e. The molecule has 2 aromatic carbocycles. The maximum Gasteiger partial charge on any atom is 0.212 e. The number of hydrogen-bond acceptors (Lipinski definition) is 5. The molecule has 0 radical (unpaired) electrons. The fraction of sp³-hybridized carbons (Fsp3) is 0.250. The van der Waals surface area contributed by atoms with Gasteiger partial charge in [-0.25, -0.2) is 0 Å². The standard InChI is InChI=1S/C20H21ClN4OS/c1-2-3-12-26-19-10-6-16(7-11-19)13-23-25-15-22-24-20(25)27-14-17-4-8-18(21)9-5-17/h4-11,13,15H,2-3,12,14H2,1H3/b23-13-. The van der Waals surface area contributed by atoms with E-state index in [1.54, 1.807) is 29.0 Å². The van der Waals surface area contributed by atoms with Gasteiger partial charge in [0.1, 0.15) is 12.1 Å². The highest BCUT2D eigenvalue weighted by Crippen LogP contribution is 2.21. The van der Waals surface area contributed by atoms with Gasteiger partial charge >= 0.3 is 0 Å². The molecular weight excluding hydrogens is 380 g/mol. The molecule has 5 nitrogen and oxygen atoms in total. The molecule has 0 bridgehead atoms. The molecule has 0 spiro atoms. The number of unbranched alkanes of at least 4 members (excludes halogenated alkanes) is 1. The van der Waals surface area contributed by atoms with Crippen molar-refractivity contribution in [2.75, 3.05) is 6.61 Å². The molecule has 0 aliphatic heterocycles. The van der Waals surface area contributed by atoms with E-state index < -0.39 is 0 Å². The third-order valence-electron chi connectivity index (χ3n) is 3.76. The summed E-state index contributed by atoms with van der Waals surface area (Å²) in [5, 5.41) is 14.0. The number of thioether (sulfide) groups is 1. The van der Waals surface area contributed by atoms with Gasteiger partial charge in [0.2, 0.25) is 5.16 Å². The summed E-state index contributed by atoms with van der Waals surface area (Å²) >= 11 is 7.49. The van der Waals surface area contributed by atoms with Crippen LogP contribution in [0.4, 0.5) is 0 Å². The molecule has 7 heteroatoms. The molecule has 0 N–H and O–H groups in total. The highest BCUT2D eigenvalue weighted by Gasteiger charge is 2.04. The third kappa shape index (κ3) is 6.12. The molecule has 0 aliphatic carbocycles. The molecule has 140 valence electrons.